The first-order chi connectivity index (χ1) is 12.2. The van der Waals surface area contributed by atoms with Gasteiger partial charge in [0.2, 0.25) is 0 Å². The maximum atomic E-state index is 11.7. The highest BCUT2D eigenvalue weighted by molar-refractivity contribution is 5.91. The Hall–Kier alpha value is -2.21. The lowest BCUT2D eigenvalue weighted by atomic mass is 9.80. The minimum Gasteiger partial charge on any atom is -0.389 e. The molecule has 6 nitrogen and oxygen atoms in total. The number of carbonyl (C=O) groups excluding carboxylic acids is 1. The average Bonchev–Trinajstić information content (AvgIpc) is 2.92. The molecule has 2 aromatic rings. The van der Waals surface area contributed by atoms with Crippen LogP contribution in [0.15, 0.2) is 24.5 Å². The van der Waals surface area contributed by atoms with Crippen LogP contribution in [-0.4, -0.2) is 31.4 Å². The number of amides is 1. The maximum Gasteiger partial charge on any atom is 0.267 e. The Bertz CT molecular complexity index is 823. The maximum absolute atomic E-state index is 11.7. The average molecular weight is 373 g/mol. The first-order valence-corrected chi connectivity index (χ1v) is 9.24. The molecule has 0 spiro atoms. The van der Waals surface area contributed by atoms with Crippen molar-refractivity contribution in [1.29, 1.82) is 0 Å². The number of primary amides is 1. The topological polar surface area (TPSA) is 94.0 Å². The predicted octanol–water partition coefficient (Wildman–Crippen LogP) is 2.97. The molecular formula is C21H32N4O2. The van der Waals surface area contributed by atoms with Gasteiger partial charge in [0.05, 0.1) is 18.3 Å². The van der Waals surface area contributed by atoms with E-state index in [1.54, 1.807) is 24.6 Å². The van der Waals surface area contributed by atoms with Gasteiger partial charge in [-0.2, -0.15) is 5.10 Å². The van der Waals surface area contributed by atoms with Gasteiger partial charge in [0, 0.05) is 11.9 Å². The zero-order valence-electron chi connectivity index (χ0n) is 17.5. The summed E-state index contributed by atoms with van der Waals surface area (Å²) in [6.07, 6.45) is 4.43. The molecule has 2 aromatic heterocycles. The summed E-state index contributed by atoms with van der Waals surface area (Å²) in [5, 5.41) is 14.4. The number of pyridine rings is 1. The third-order valence-corrected chi connectivity index (χ3v) is 4.58. The van der Waals surface area contributed by atoms with Crippen molar-refractivity contribution in [1.82, 2.24) is 14.8 Å². The quantitative estimate of drug-likeness (QED) is 0.815. The zero-order valence-corrected chi connectivity index (χ0v) is 17.5. The highest BCUT2D eigenvalue weighted by Gasteiger charge is 2.26. The first-order valence-electron chi connectivity index (χ1n) is 9.24. The van der Waals surface area contributed by atoms with E-state index < -0.39 is 11.5 Å². The molecule has 0 saturated carbocycles. The number of nitrogens with two attached hydrogens (primary N) is 1. The molecule has 0 atom stereocenters. The van der Waals surface area contributed by atoms with Crippen LogP contribution in [0.4, 0.5) is 0 Å². The molecule has 0 aromatic carbocycles. The van der Waals surface area contributed by atoms with Crippen molar-refractivity contribution in [2.45, 2.75) is 77.9 Å². The molecule has 0 aliphatic heterocycles. The first kappa shape index (κ1) is 21.1. The molecule has 6 heteroatoms. The van der Waals surface area contributed by atoms with E-state index in [-0.39, 0.29) is 10.8 Å². The third-order valence-electron chi connectivity index (χ3n) is 4.58. The van der Waals surface area contributed by atoms with Gasteiger partial charge in [0.25, 0.3) is 5.91 Å². The highest BCUT2D eigenvalue weighted by atomic mass is 16.3. The molecule has 2 heterocycles. The van der Waals surface area contributed by atoms with E-state index >= 15 is 0 Å². The van der Waals surface area contributed by atoms with Gasteiger partial charge in [-0.1, -0.05) is 34.6 Å². The molecule has 0 radical (unpaired) electrons. The van der Waals surface area contributed by atoms with Crippen molar-refractivity contribution < 1.29 is 9.90 Å². The summed E-state index contributed by atoms with van der Waals surface area (Å²) in [6, 6.07) is 3.83. The summed E-state index contributed by atoms with van der Waals surface area (Å²) >= 11 is 0. The molecule has 0 saturated heterocycles. The number of nitrogens with zero attached hydrogens (tertiary/aromatic N) is 3. The van der Waals surface area contributed by atoms with Crippen LogP contribution in [0.3, 0.4) is 0 Å². The molecule has 27 heavy (non-hydrogen) atoms. The van der Waals surface area contributed by atoms with Crippen molar-refractivity contribution >= 4 is 5.91 Å². The predicted molar refractivity (Wildman–Crippen MR) is 107 cm³/mol. The van der Waals surface area contributed by atoms with Crippen LogP contribution in [0.2, 0.25) is 0 Å². The van der Waals surface area contributed by atoms with Gasteiger partial charge in [-0.15, -0.1) is 0 Å². The Kier molecular flexibility index (Phi) is 5.53. The molecule has 3 N–H and O–H groups in total. The standard InChI is InChI=1S/C21H32N4O2/c1-19(2,3)14-8-16(24-17(9-14)18(22)26)10-20(4,5)15-11-23-25(12-15)13-21(6,7)27/h8-9,11-12,27H,10,13H2,1-7H3,(H2,22,26). The summed E-state index contributed by atoms with van der Waals surface area (Å²) in [6.45, 7) is 14.5. The number of hydrogen-bond acceptors (Lipinski definition) is 4. The molecule has 0 unspecified atom stereocenters. The SMILES string of the molecule is CC(C)(O)Cn1cc(C(C)(C)Cc2cc(C(C)(C)C)cc(C(N)=O)n2)cn1. The molecule has 0 fully saturated rings. The van der Waals surface area contributed by atoms with Crippen molar-refractivity contribution in [3.05, 3.63) is 47.0 Å². The number of aromatic nitrogens is 3. The number of aliphatic hydroxyl groups is 1. The van der Waals surface area contributed by atoms with Crippen LogP contribution < -0.4 is 5.73 Å². The Morgan fingerprint density at radius 1 is 1.11 bits per heavy atom. The van der Waals surface area contributed by atoms with Gasteiger partial charge < -0.3 is 10.8 Å². The van der Waals surface area contributed by atoms with E-state index in [4.69, 9.17) is 5.73 Å². The van der Waals surface area contributed by atoms with Crippen LogP contribution >= 0.6 is 0 Å². The second-order valence-electron chi connectivity index (χ2n) is 9.65. The molecule has 1 amide bonds. The molecule has 0 aliphatic rings. The summed E-state index contributed by atoms with van der Waals surface area (Å²) in [7, 11) is 0. The Labute approximate surface area is 161 Å². The van der Waals surface area contributed by atoms with Gasteiger partial charge in [-0.25, -0.2) is 4.98 Å². The second kappa shape index (κ2) is 7.08. The molecule has 2 rings (SSSR count). The highest BCUT2D eigenvalue weighted by Crippen LogP contribution is 2.30. The van der Waals surface area contributed by atoms with Gasteiger partial charge in [-0.3, -0.25) is 9.48 Å². The Balaban J connectivity index is 2.34. The van der Waals surface area contributed by atoms with E-state index in [1.807, 2.05) is 12.4 Å². The van der Waals surface area contributed by atoms with Crippen molar-refractivity contribution in [2.24, 2.45) is 5.73 Å². The van der Waals surface area contributed by atoms with E-state index in [1.165, 1.54) is 0 Å². The molecule has 0 bridgehead atoms. The van der Waals surface area contributed by atoms with Crippen LogP contribution in [0.1, 0.15) is 75.8 Å². The van der Waals surface area contributed by atoms with E-state index in [0.29, 0.717) is 18.7 Å². The number of hydrogen-bond donors (Lipinski definition) is 2. The monoisotopic (exact) mass is 372 g/mol. The fraction of sp³-hybridized carbons (Fsp3) is 0.571. The summed E-state index contributed by atoms with van der Waals surface area (Å²) in [5.41, 5.74) is 7.53. The van der Waals surface area contributed by atoms with Crippen LogP contribution in [0.5, 0.6) is 0 Å². The van der Waals surface area contributed by atoms with E-state index in [0.717, 1.165) is 16.8 Å². The van der Waals surface area contributed by atoms with Gasteiger partial charge in [0.15, 0.2) is 0 Å². The van der Waals surface area contributed by atoms with Gasteiger partial charge >= 0.3 is 0 Å². The van der Waals surface area contributed by atoms with Crippen molar-refractivity contribution in [3.63, 3.8) is 0 Å². The summed E-state index contributed by atoms with van der Waals surface area (Å²) < 4.78 is 1.75. The number of rotatable bonds is 6. The third kappa shape index (κ3) is 5.63. The fourth-order valence-corrected chi connectivity index (χ4v) is 2.99. The fourth-order valence-electron chi connectivity index (χ4n) is 2.99. The largest absolute Gasteiger partial charge is 0.389 e. The normalized spacial score (nSPS) is 13.0. The lowest BCUT2D eigenvalue weighted by molar-refractivity contribution is 0.0577. The minimum atomic E-state index is -0.827. The zero-order chi connectivity index (χ0) is 20.6. The van der Waals surface area contributed by atoms with E-state index in [9.17, 15) is 9.90 Å². The lowest BCUT2D eigenvalue weighted by Crippen LogP contribution is -2.26. The molecular weight excluding hydrogens is 340 g/mol. The number of carbonyl (C=O) groups is 1. The minimum absolute atomic E-state index is 0.108. The van der Waals surface area contributed by atoms with Crippen LogP contribution in [-0.2, 0) is 23.8 Å². The smallest absolute Gasteiger partial charge is 0.267 e. The van der Waals surface area contributed by atoms with Crippen molar-refractivity contribution in [3.8, 4) is 0 Å². The molecule has 148 valence electrons. The van der Waals surface area contributed by atoms with E-state index in [2.05, 4.69) is 50.8 Å². The summed E-state index contributed by atoms with van der Waals surface area (Å²) in [5.74, 6) is -0.516. The Morgan fingerprint density at radius 2 is 1.74 bits per heavy atom. The lowest BCUT2D eigenvalue weighted by Gasteiger charge is -2.25. The van der Waals surface area contributed by atoms with Crippen LogP contribution in [0.25, 0.3) is 0 Å². The van der Waals surface area contributed by atoms with Gasteiger partial charge in [0.1, 0.15) is 5.69 Å². The Morgan fingerprint density at radius 3 is 2.26 bits per heavy atom. The second-order valence-corrected chi connectivity index (χ2v) is 9.65. The summed E-state index contributed by atoms with van der Waals surface area (Å²) in [4.78, 5) is 16.2. The van der Waals surface area contributed by atoms with Crippen molar-refractivity contribution in [2.75, 3.05) is 0 Å². The molecule has 0 aliphatic carbocycles. The van der Waals surface area contributed by atoms with Crippen LogP contribution in [0, 0.1) is 0 Å². The van der Waals surface area contributed by atoms with Gasteiger partial charge in [-0.05, 0) is 54.4 Å².